The van der Waals surface area contributed by atoms with Crippen LogP contribution in [-0.4, -0.2) is 18.0 Å². The molecule has 1 fully saturated rings. The molecule has 0 unspecified atom stereocenters. The molecule has 56 valence electrons. The molecule has 0 aliphatic carbocycles. The molecule has 0 radical (unpaired) electrons. The van der Waals surface area contributed by atoms with Crippen molar-refractivity contribution in [2.75, 3.05) is 0 Å². The van der Waals surface area contributed by atoms with Gasteiger partial charge in [0.15, 0.2) is 0 Å². The van der Waals surface area contributed by atoms with Crippen molar-refractivity contribution in [2.24, 2.45) is 5.73 Å². The van der Waals surface area contributed by atoms with Crippen molar-refractivity contribution >= 4 is 11.9 Å². The maximum atomic E-state index is 10.5. The number of nitrogens with two attached hydrogens (primary N) is 1. The fraction of sp³-hybridized carbons (Fsp3) is 0.500. The second-order valence-corrected chi connectivity index (χ2v) is 1.74. The zero-order valence-corrected chi connectivity index (χ0v) is 4.90. The minimum atomic E-state index is -0.991. The molecule has 1 atom stereocenters. The average Bonchev–Trinajstić information content (AvgIpc) is 1.96. The first-order valence-corrected chi connectivity index (χ1v) is 2.53. The molecule has 0 aromatic rings. The first-order valence-electron chi connectivity index (χ1n) is 2.53. The van der Waals surface area contributed by atoms with Crippen molar-refractivity contribution in [1.29, 1.82) is 0 Å². The van der Waals surface area contributed by atoms with E-state index in [-0.39, 0.29) is 6.42 Å². The van der Waals surface area contributed by atoms with Crippen LogP contribution in [0.15, 0.2) is 0 Å². The minimum absolute atomic E-state index is 0.223. The third-order valence-corrected chi connectivity index (χ3v) is 0.932. The van der Waals surface area contributed by atoms with Gasteiger partial charge in [0.05, 0.1) is 6.42 Å². The van der Waals surface area contributed by atoms with Crippen LogP contribution in [0.2, 0.25) is 0 Å². The average molecular weight is 147 g/mol. The van der Waals surface area contributed by atoms with Crippen LogP contribution in [0.1, 0.15) is 6.42 Å². The number of hydrogen-bond donors (Lipinski definition) is 1. The van der Waals surface area contributed by atoms with E-state index in [0.717, 1.165) is 0 Å². The molecule has 0 bridgehead atoms. The highest BCUT2D eigenvalue weighted by molar-refractivity contribution is 5.82. The first-order chi connectivity index (χ1) is 4.70. The van der Waals surface area contributed by atoms with E-state index < -0.39 is 18.0 Å². The fourth-order valence-corrected chi connectivity index (χ4v) is 0.447. The number of hydrogen-bond acceptors (Lipinski definition) is 6. The van der Waals surface area contributed by atoms with Gasteiger partial charge in [0.2, 0.25) is 0 Å². The first kappa shape index (κ1) is 6.97. The Balaban J connectivity index is 2.57. The predicted molar refractivity (Wildman–Crippen MR) is 25.9 cm³/mol. The van der Waals surface area contributed by atoms with Gasteiger partial charge in [-0.1, -0.05) is 0 Å². The van der Waals surface area contributed by atoms with Gasteiger partial charge < -0.3 is 5.73 Å². The van der Waals surface area contributed by atoms with Gasteiger partial charge in [0.25, 0.3) is 0 Å². The Kier molecular flexibility index (Phi) is 1.83. The maximum absolute atomic E-state index is 10.5. The van der Waals surface area contributed by atoms with Crippen molar-refractivity contribution in [1.82, 2.24) is 0 Å². The van der Waals surface area contributed by atoms with Gasteiger partial charge in [-0.15, -0.1) is 0 Å². The summed E-state index contributed by atoms with van der Waals surface area (Å²) in [5.74, 6) is -1.54. The van der Waals surface area contributed by atoms with Crippen molar-refractivity contribution in [3.05, 3.63) is 0 Å². The van der Waals surface area contributed by atoms with Crippen LogP contribution in [0.25, 0.3) is 0 Å². The zero-order valence-electron chi connectivity index (χ0n) is 4.90. The molecule has 0 aromatic carbocycles. The lowest BCUT2D eigenvalue weighted by atomic mass is 10.2. The molecule has 2 N–H and O–H groups in total. The Morgan fingerprint density at radius 1 is 1.40 bits per heavy atom. The van der Waals surface area contributed by atoms with E-state index in [1.54, 1.807) is 0 Å². The molecule has 0 spiro atoms. The summed E-state index contributed by atoms with van der Waals surface area (Å²) in [7, 11) is 0. The molecular formula is C4H5NO5. The number of rotatable bonds is 0. The molecule has 10 heavy (non-hydrogen) atoms. The summed E-state index contributed by atoms with van der Waals surface area (Å²) < 4.78 is 0. The summed E-state index contributed by atoms with van der Waals surface area (Å²) in [5.41, 5.74) is 5.11. The second kappa shape index (κ2) is 2.63. The Hall–Kier alpha value is -1.14. The highest BCUT2D eigenvalue weighted by atomic mass is 17.5. The highest BCUT2D eigenvalue weighted by Crippen LogP contribution is 2.01. The van der Waals surface area contributed by atoms with Gasteiger partial charge in [-0.2, -0.15) is 0 Å². The highest BCUT2D eigenvalue weighted by Gasteiger charge is 2.25. The summed E-state index contributed by atoms with van der Waals surface area (Å²) in [6.07, 6.45) is -0.223. The van der Waals surface area contributed by atoms with Crippen LogP contribution in [0.3, 0.4) is 0 Å². The summed E-state index contributed by atoms with van der Waals surface area (Å²) in [4.78, 5) is 28.6. The van der Waals surface area contributed by atoms with Gasteiger partial charge >= 0.3 is 11.9 Å². The van der Waals surface area contributed by atoms with Gasteiger partial charge in [-0.05, 0) is 0 Å². The van der Waals surface area contributed by atoms with E-state index in [0.29, 0.717) is 0 Å². The van der Waals surface area contributed by atoms with E-state index in [4.69, 9.17) is 5.73 Å². The molecule has 1 aliphatic heterocycles. The molecule has 6 heteroatoms. The molecule has 1 aliphatic rings. The van der Waals surface area contributed by atoms with Crippen molar-refractivity contribution in [3.8, 4) is 0 Å². The Labute approximate surface area is 55.7 Å². The van der Waals surface area contributed by atoms with Gasteiger partial charge in [-0.3, -0.25) is 9.78 Å². The third kappa shape index (κ3) is 1.42. The lowest BCUT2D eigenvalue weighted by Gasteiger charge is -1.96. The molecule has 6 nitrogen and oxygen atoms in total. The Bertz CT molecular complexity index is 167. The molecule has 0 saturated carbocycles. The smallest absolute Gasteiger partial charge is 0.318 e. The molecule has 0 amide bonds. The van der Waals surface area contributed by atoms with E-state index in [1.165, 1.54) is 0 Å². The van der Waals surface area contributed by atoms with Gasteiger partial charge in [0, 0.05) is 5.04 Å². The quantitative estimate of drug-likeness (QED) is 0.426. The fourth-order valence-electron chi connectivity index (χ4n) is 0.447. The lowest BCUT2D eigenvalue weighted by Crippen LogP contribution is -2.31. The second-order valence-electron chi connectivity index (χ2n) is 1.74. The molecule has 1 rings (SSSR count). The van der Waals surface area contributed by atoms with Gasteiger partial charge in [0.1, 0.15) is 6.04 Å². The maximum Gasteiger partial charge on any atom is 0.363 e. The molecule has 1 saturated heterocycles. The normalized spacial score (nSPS) is 26.7. The van der Waals surface area contributed by atoms with Crippen LogP contribution >= 0.6 is 0 Å². The van der Waals surface area contributed by atoms with Crippen LogP contribution < -0.4 is 5.73 Å². The molecule has 0 aromatic heterocycles. The van der Waals surface area contributed by atoms with E-state index in [1.807, 2.05) is 0 Å². The summed E-state index contributed by atoms with van der Waals surface area (Å²) >= 11 is 0. The van der Waals surface area contributed by atoms with Crippen molar-refractivity contribution in [2.45, 2.75) is 12.5 Å². The van der Waals surface area contributed by atoms with E-state index >= 15 is 0 Å². The number of carbonyl (C=O) groups is 2. The van der Waals surface area contributed by atoms with Crippen molar-refractivity contribution < 1.29 is 24.4 Å². The predicted octanol–water partition coefficient (Wildman–Crippen LogP) is -1.35. The van der Waals surface area contributed by atoms with E-state index in [2.05, 4.69) is 14.8 Å². The monoisotopic (exact) mass is 147 g/mol. The summed E-state index contributed by atoms with van der Waals surface area (Å²) in [5, 5.41) is 3.71. The topological polar surface area (TPSA) is 87.9 Å². The SMILES string of the molecule is N[C@@H]1CC(=O)OOOC1=O. The standard InChI is InChI=1S/C4H5NO5/c5-2-1-3(6)8-10-9-4(2)7/h2H,1,5H2/t2-/m1/s1. The van der Waals surface area contributed by atoms with Gasteiger partial charge in [-0.25, -0.2) is 9.59 Å². The van der Waals surface area contributed by atoms with Crippen LogP contribution in [-0.2, 0) is 24.4 Å². The largest absolute Gasteiger partial charge is 0.363 e. The van der Waals surface area contributed by atoms with E-state index in [9.17, 15) is 9.59 Å². The zero-order chi connectivity index (χ0) is 7.56. The van der Waals surface area contributed by atoms with Crippen LogP contribution in [0, 0.1) is 0 Å². The van der Waals surface area contributed by atoms with Crippen molar-refractivity contribution in [3.63, 3.8) is 0 Å². The lowest BCUT2D eigenvalue weighted by molar-refractivity contribution is -0.455. The Morgan fingerprint density at radius 2 is 2.10 bits per heavy atom. The van der Waals surface area contributed by atoms with Crippen LogP contribution in [0.4, 0.5) is 0 Å². The minimum Gasteiger partial charge on any atom is -0.318 e. The third-order valence-electron chi connectivity index (χ3n) is 0.932. The molecule has 1 heterocycles. The van der Waals surface area contributed by atoms with Crippen LogP contribution in [0.5, 0.6) is 0 Å². The molecular weight excluding hydrogens is 142 g/mol. The Morgan fingerprint density at radius 3 is 2.80 bits per heavy atom. The number of carbonyl (C=O) groups excluding carboxylic acids is 2. The summed E-state index contributed by atoms with van der Waals surface area (Å²) in [6.45, 7) is 0. The summed E-state index contributed by atoms with van der Waals surface area (Å²) in [6, 6.07) is -0.991.